The molecule has 2 unspecified atom stereocenters. The van der Waals surface area contributed by atoms with Crippen molar-refractivity contribution in [2.45, 2.75) is 26.3 Å². The van der Waals surface area contributed by atoms with Crippen LogP contribution in [0.25, 0.3) is 0 Å². The Bertz CT molecular complexity index is 145. The lowest BCUT2D eigenvalue weighted by Gasteiger charge is -2.25. The van der Waals surface area contributed by atoms with Crippen LogP contribution < -0.4 is 5.32 Å². The van der Waals surface area contributed by atoms with Crippen LogP contribution in [0.3, 0.4) is 0 Å². The van der Waals surface area contributed by atoms with Gasteiger partial charge in [0.15, 0.2) is 0 Å². The first-order valence-corrected chi connectivity index (χ1v) is 3.68. The van der Waals surface area contributed by atoms with E-state index in [1.54, 1.807) is 0 Å². The summed E-state index contributed by atoms with van der Waals surface area (Å²) in [5, 5.41) is 15.1. The average Bonchev–Trinajstić information content (AvgIpc) is 1.94. The molecule has 1 rings (SSSR count). The molecule has 58 valence electrons. The lowest BCUT2D eigenvalue weighted by Crippen LogP contribution is -2.41. The third-order valence-electron chi connectivity index (χ3n) is 1.99. The Balaban J connectivity index is 2.54. The van der Waals surface area contributed by atoms with Crippen LogP contribution in [-0.4, -0.2) is 23.5 Å². The summed E-state index contributed by atoms with van der Waals surface area (Å²) in [7, 11) is 0. The summed E-state index contributed by atoms with van der Waals surface area (Å²) in [5.41, 5.74) is 0.922. The molecule has 2 atom stereocenters. The fourth-order valence-corrected chi connectivity index (χ4v) is 1.22. The summed E-state index contributed by atoms with van der Waals surface area (Å²) in [5.74, 6) is 0.390. The van der Waals surface area contributed by atoms with Crippen LogP contribution in [0.5, 0.6) is 0 Å². The van der Waals surface area contributed by atoms with E-state index in [1.165, 1.54) is 0 Å². The van der Waals surface area contributed by atoms with Gasteiger partial charge >= 0.3 is 0 Å². The van der Waals surface area contributed by atoms with Crippen molar-refractivity contribution in [2.24, 2.45) is 11.1 Å². The number of nitrogens with one attached hydrogen (secondary N) is 1. The molecular formula is C7H14N2O. The second-order valence-corrected chi connectivity index (χ2v) is 3.01. The Kier molecular flexibility index (Phi) is 2.27. The van der Waals surface area contributed by atoms with Gasteiger partial charge < -0.3 is 10.5 Å². The molecule has 10 heavy (non-hydrogen) atoms. The molecule has 0 aromatic carbocycles. The van der Waals surface area contributed by atoms with Gasteiger partial charge in [-0.1, -0.05) is 12.1 Å². The Morgan fingerprint density at radius 1 is 1.60 bits per heavy atom. The van der Waals surface area contributed by atoms with Gasteiger partial charge in [-0.05, 0) is 6.92 Å². The minimum absolute atomic E-state index is 0.390. The third-order valence-corrected chi connectivity index (χ3v) is 1.99. The predicted molar refractivity (Wildman–Crippen MR) is 40.5 cm³/mol. The summed E-state index contributed by atoms with van der Waals surface area (Å²) in [6.07, 6.45) is 0.873. The van der Waals surface area contributed by atoms with Crippen molar-refractivity contribution in [3.63, 3.8) is 0 Å². The number of rotatable bonds is 0. The van der Waals surface area contributed by atoms with Gasteiger partial charge in [-0.15, -0.1) is 0 Å². The number of hydrogen-bond acceptors (Lipinski definition) is 3. The zero-order valence-electron chi connectivity index (χ0n) is 6.46. The lowest BCUT2D eigenvalue weighted by molar-refractivity contribution is 0.308. The molecule has 3 nitrogen and oxygen atoms in total. The van der Waals surface area contributed by atoms with Crippen LogP contribution in [0.1, 0.15) is 20.3 Å². The van der Waals surface area contributed by atoms with Gasteiger partial charge in [0.25, 0.3) is 0 Å². The van der Waals surface area contributed by atoms with Crippen LogP contribution >= 0.6 is 0 Å². The fraction of sp³-hybridized carbons (Fsp3) is 0.857. The topological polar surface area (TPSA) is 44.6 Å². The van der Waals surface area contributed by atoms with Gasteiger partial charge in [-0.2, -0.15) is 0 Å². The van der Waals surface area contributed by atoms with Crippen molar-refractivity contribution in [1.82, 2.24) is 5.32 Å². The summed E-state index contributed by atoms with van der Waals surface area (Å²) in [6.45, 7) is 5.09. The summed E-state index contributed by atoms with van der Waals surface area (Å²) in [6, 6.07) is 0.460. The molecule has 0 saturated carbocycles. The molecule has 0 aromatic rings. The minimum atomic E-state index is 0.390. The molecule has 2 N–H and O–H groups in total. The van der Waals surface area contributed by atoms with Crippen LogP contribution in [0, 0.1) is 5.92 Å². The summed E-state index contributed by atoms with van der Waals surface area (Å²) >= 11 is 0. The molecule has 0 amide bonds. The van der Waals surface area contributed by atoms with Gasteiger partial charge in [0.05, 0.1) is 5.71 Å². The van der Waals surface area contributed by atoms with E-state index in [0.29, 0.717) is 12.0 Å². The normalized spacial score (nSPS) is 38.4. The van der Waals surface area contributed by atoms with Crippen molar-refractivity contribution in [2.75, 3.05) is 6.54 Å². The minimum Gasteiger partial charge on any atom is -0.411 e. The maximum Gasteiger partial charge on any atom is 0.0626 e. The van der Waals surface area contributed by atoms with Gasteiger partial charge in [-0.25, -0.2) is 0 Å². The van der Waals surface area contributed by atoms with Gasteiger partial charge in [0, 0.05) is 24.9 Å². The molecule has 0 spiro atoms. The Morgan fingerprint density at radius 3 is 2.80 bits per heavy atom. The van der Waals surface area contributed by atoms with E-state index in [1.807, 2.05) is 0 Å². The number of nitrogens with zero attached hydrogens (tertiary/aromatic N) is 1. The molecule has 1 aliphatic rings. The Morgan fingerprint density at radius 2 is 2.30 bits per heavy atom. The summed E-state index contributed by atoms with van der Waals surface area (Å²) in [4.78, 5) is 0. The van der Waals surface area contributed by atoms with Gasteiger partial charge in [-0.3, -0.25) is 0 Å². The number of hydrogen-bond donors (Lipinski definition) is 2. The van der Waals surface area contributed by atoms with E-state index in [9.17, 15) is 0 Å². The van der Waals surface area contributed by atoms with Crippen molar-refractivity contribution >= 4 is 5.71 Å². The largest absolute Gasteiger partial charge is 0.411 e. The third kappa shape index (κ3) is 1.48. The molecule has 0 aromatic heterocycles. The van der Waals surface area contributed by atoms with E-state index in [2.05, 4.69) is 24.3 Å². The Hall–Kier alpha value is -0.570. The first kappa shape index (κ1) is 7.54. The molecule has 1 heterocycles. The predicted octanol–water partition coefficient (Wildman–Crippen LogP) is 0.834. The molecule has 3 heteroatoms. The second-order valence-electron chi connectivity index (χ2n) is 3.01. The highest BCUT2D eigenvalue weighted by Crippen LogP contribution is 2.10. The lowest BCUT2D eigenvalue weighted by atomic mass is 9.95. The highest BCUT2D eigenvalue weighted by atomic mass is 16.4. The Labute approximate surface area is 61.1 Å². The molecule has 0 radical (unpaired) electrons. The first-order chi connectivity index (χ1) is 4.74. The molecular weight excluding hydrogens is 128 g/mol. The second kappa shape index (κ2) is 3.01. The highest BCUT2D eigenvalue weighted by molar-refractivity contribution is 5.87. The first-order valence-electron chi connectivity index (χ1n) is 3.68. The fourth-order valence-electron chi connectivity index (χ4n) is 1.22. The average molecular weight is 142 g/mol. The monoisotopic (exact) mass is 142 g/mol. The van der Waals surface area contributed by atoms with E-state index in [4.69, 9.17) is 5.21 Å². The number of oxime groups is 1. The van der Waals surface area contributed by atoms with Crippen molar-refractivity contribution < 1.29 is 5.21 Å². The van der Waals surface area contributed by atoms with Crippen LogP contribution in [0.4, 0.5) is 0 Å². The molecule has 1 fully saturated rings. The molecule has 0 bridgehead atoms. The van der Waals surface area contributed by atoms with Crippen LogP contribution in [-0.2, 0) is 0 Å². The van der Waals surface area contributed by atoms with Crippen molar-refractivity contribution in [3.05, 3.63) is 0 Å². The standard InChI is InChI=1S/C7H14N2O/c1-5-4-8-6(2)3-7(5)9-10/h5-6,8,10H,3-4H2,1-2H3/b9-7+. The van der Waals surface area contributed by atoms with Gasteiger partial charge in [0.2, 0.25) is 0 Å². The highest BCUT2D eigenvalue weighted by Gasteiger charge is 2.20. The quantitative estimate of drug-likeness (QED) is 0.389. The molecule has 1 aliphatic heterocycles. The van der Waals surface area contributed by atoms with E-state index in [0.717, 1.165) is 18.7 Å². The summed E-state index contributed by atoms with van der Waals surface area (Å²) < 4.78 is 0. The van der Waals surface area contributed by atoms with E-state index in [-0.39, 0.29) is 0 Å². The SMILES string of the molecule is CC1C/C(=N\O)C(C)CN1. The smallest absolute Gasteiger partial charge is 0.0626 e. The van der Waals surface area contributed by atoms with E-state index < -0.39 is 0 Å². The van der Waals surface area contributed by atoms with Crippen molar-refractivity contribution in [1.29, 1.82) is 0 Å². The molecule has 0 aliphatic carbocycles. The van der Waals surface area contributed by atoms with Crippen LogP contribution in [0.2, 0.25) is 0 Å². The van der Waals surface area contributed by atoms with Crippen LogP contribution in [0.15, 0.2) is 5.16 Å². The maximum absolute atomic E-state index is 8.54. The van der Waals surface area contributed by atoms with Gasteiger partial charge in [0.1, 0.15) is 0 Å². The number of piperidine rings is 1. The maximum atomic E-state index is 8.54. The zero-order chi connectivity index (χ0) is 7.56. The molecule has 1 saturated heterocycles. The van der Waals surface area contributed by atoms with E-state index >= 15 is 0 Å². The van der Waals surface area contributed by atoms with Crippen molar-refractivity contribution in [3.8, 4) is 0 Å². The zero-order valence-corrected chi connectivity index (χ0v) is 6.46.